The van der Waals surface area contributed by atoms with Crippen molar-refractivity contribution in [1.82, 2.24) is 0 Å². The van der Waals surface area contributed by atoms with Crippen molar-refractivity contribution in [3.63, 3.8) is 0 Å². The summed E-state index contributed by atoms with van der Waals surface area (Å²) in [6.45, 7) is 6.03. The maximum absolute atomic E-state index is 4.28. The second-order valence-electron chi connectivity index (χ2n) is 3.08. The fraction of sp³-hybridized carbons (Fsp3) is 0.875. The van der Waals surface area contributed by atoms with E-state index >= 15 is 0 Å². The molecule has 0 saturated carbocycles. The van der Waals surface area contributed by atoms with Crippen molar-refractivity contribution in [3.05, 3.63) is 6.92 Å². The topological polar surface area (TPSA) is 0 Å². The lowest BCUT2D eigenvalue weighted by Crippen LogP contribution is -2.20. The fourth-order valence-corrected chi connectivity index (χ4v) is 1.48. The lowest BCUT2D eigenvalue weighted by molar-refractivity contribution is 0.386. The van der Waals surface area contributed by atoms with Crippen LogP contribution in [0.15, 0.2) is 0 Å². The molecule has 0 N–H and O–H groups in total. The van der Waals surface area contributed by atoms with Crippen LogP contribution in [0.4, 0.5) is 0 Å². The molecule has 0 unspecified atom stereocenters. The van der Waals surface area contributed by atoms with E-state index in [0.717, 1.165) is 17.9 Å². The minimum Gasteiger partial charge on any atom is -0.179 e. The average molecular weight is 177 g/mol. The summed E-state index contributed by atoms with van der Waals surface area (Å²) >= 11 is 8.57. The van der Waals surface area contributed by atoms with Gasteiger partial charge in [0, 0.05) is 0 Å². The van der Waals surface area contributed by atoms with Crippen LogP contribution in [0.1, 0.15) is 26.2 Å². The van der Waals surface area contributed by atoms with Gasteiger partial charge in [0.1, 0.15) is 0 Å². The quantitative estimate of drug-likeness (QED) is 0.593. The highest BCUT2D eigenvalue weighted by molar-refractivity contribution is 7.81. The Morgan fingerprint density at radius 2 is 1.80 bits per heavy atom. The number of thiol groups is 2. The van der Waals surface area contributed by atoms with Crippen molar-refractivity contribution in [2.75, 3.05) is 11.5 Å². The molecule has 0 aromatic carbocycles. The molecule has 0 nitrogen and oxygen atoms in total. The first-order valence-electron chi connectivity index (χ1n) is 3.69. The van der Waals surface area contributed by atoms with Crippen LogP contribution in [0, 0.1) is 12.3 Å². The van der Waals surface area contributed by atoms with Crippen molar-refractivity contribution in [1.29, 1.82) is 0 Å². The Balaban J connectivity index is 3.58. The molecule has 0 rings (SSSR count). The fourth-order valence-electron chi connectivity index (χ4n) is 0.760. The van der Waals surface area contributed by atoms with Crippen LogP contribution in [0.3, 0.4) is 0 Å². The number of rotatable bonds is 5. The highest BCUT2D eigenvalue weighted by Gasteiger charge is 2.19. The van der Waals surface area contributed by atoms with Crippen LogP contribution in [0.2, 0.25) is 0 Å². The molecular formula is C8H17S2. The van der Waals surface area contributed by atoms with Gasteiger partial charge in [0.2, 0.25) is 0 Å². The molecule has 0 atom stereocenters. The normalized spacial score (nSPS) is 12.0. The van der Waals surface area contributed by atoms with E-state index in [4.69, 9.17) is 0 Å². The summed E-state index contributed by atoms with van der Waals surface area (Å²) in [5.74, 6) is 1.85. The van der Waals surface area contributed by atoms with Gasteiger partial charge in [0.25, 0.3) is 0 Å². The lowest BCUT2D eigenvalue weighted by Gasteiger charge is -2.24. The van der Waals surface area contributed by atoms with Crippen LogP contribution < -0.4 is 0 Å². The van der Waals surface area contributed by atoms with Crippen molar-refractivity contribution >= 4 is 25.3 Å². The molecular weight excluding hydrogens is 160 g/mol. The summed E-state index contributed by atoms with van der Waals surface area (Å²) in [6, 6.07) is 0. The summed E-state index contributed by atoms with van der Waals surface area (Å²) in [6.07, 6.45) is 3.41. The zero-order chi connectivity index (χ0) is 8.04. The van der Waals surface area contributed by atoms with E-state index in [-0.39, 0.29) is 0 Å². The van der Waals surface area contributed by atoms with E-state index in [0.29, 0.717) is 5.41 Å². The zero-order valence-corrected chi connectivity index (χ0v) is 8.43. The van der Waals surface area contributed by atoms with Gasteiger partial charge in [-0.15, -0.1) is 0 Å². The summed E-state index contributed by atoms with van der Waals surface area (Å²) in [5, 5.41) is 0. The first-order valence-corrected chi connectivity index (χ1v) is 4.96. The molecule has 0 aliphatic carbocycles. The van der Waals surface area contributed by atoms with Gasteiger partial charge in [-0.2, -0.15) is 25.3 Å². The lowest BCUT2D eigenvalue weighted by atomic mass is 9.89. The smallest absolute Gasteiger partial charge is 0.00360 e. The van der Waals surface area contributed by atoms with E-state index in [1.54, 1.807) is 0 Å². The molecule has 0 aliphatic rings. The third-order valence-corrected chi connectivity index (χ3v) is 3.32. The molecule has 0 spiro atoms. The Labute approximate surface area is 75.6 Å². The van der Waals surface area contributed by atoms with E-state index in [1.807, 2.05) is 0 Å². The van der Waals surface area contributed by atoms with Gasteiger partial charge in [0.05, 0.1) is 0 Å². The van der Waals surface area contributed by atoms with Crippen molar-refractivity contribution in [2.45, 2.75) is 26.2 Å². The number of hydrogen-bond acceptors (Lipinski definition) is 2. The van der Waals surface area contributed by atoms with Gasteiger partial charge in [-0.1, -0.05) is 26.7 Å². The third-order valence-electron chi connectivity index (χ3n) is 1.79. The second kappa shape index (κ2) is 5.36. The zero-order valence-electron chi connectivity index (χ0n) is 6.64. The first-order chi connectivity index (χ1) is 4.68. The van der Waals surface area contributed by atoms with Crippen molar-refractivity contribution in [2.24, 2.45) is 5.41 Å². The predicted octanol–water partition coefficient (Wildman–Crippen LogP) is 2.86. The molecule has 0 saturated heterocycles. The van der Waals surface area contributed by atoms with Crippen LogP contribution in [0.5, 0.6) is 0 Å². The van der Waals surface area contributed by atoms with Gasteiger partial charge < -0.3 is 0 Å². The minimum atomic E-state index is 0.323. The van der Waals surface area contributed by atoms with Crippen molar-refractivity contribution < 1.29 is 0 Å². The summed E-state index contributed by atoms with van der Waals surface area (Å²) in [4.78, 5) is 0. The minimum absolute atomic E-state index is 0.323. The molecule has 0 bridgehead atoms. The summed E-state index contributed by atoms with van der Waals surface area (Å²) < 4.78 is 0. The largest absolute Gasteiger partial charge is 0.179 e. The number of hydrogen-bond donors (Lipinski definition) is 2. The maximum Gasteiger partial charge on any atom is -0.00360 e. The molecule has 10 heavy (non-hydrogen) atoms. The maximum atomic E-state index is 4.28. The molecule has 1 radical (unpaired) electrons. The Morgan fingerprint density at radius 3 is 2.10 bits per heavy atom. The number of unbranched alkanes of at least 4 members (excludes halogenated alkanes) is 1. The molecule has 0 fully saturated rings. The van der Waals surface area contributed by atoms with Crippen LogP contribution in [0.25, 0.3) is 0 Å². The van der Waals surface area contributed by atoms with Gasteiger partial charge in [-0.25, -0.2) is 0 Å². The molecule has 0 heterocycles. The van der Waals surface area contributed by atoms with E-state index in [9.17, 15) is 0 Å². The van der Waals surface area contributed by atoms with Gasteiger partial charge in [-0.3, -0.25) is 0 Å². The molecule has 0 amide bonds. The highest BCUT2D eigenvalue weighted by atomic mass is 32.1. The van der Waals surface area contributed by atoms with E-state index in [1.165, 1.54) is 12.8 Å². The Bertz CT molecular complexity index is 77.3. The van der Waals surface area contributed by atoms with Gasteiger partial charge in [0.15, 0.2) is 0 Å². The summed E-state index contributed by atoms with van der Waals surface area (Å²) in [7, 11) is 0. The molecule has 0 aliphatic heterocycles. The third kappa shape index (κ3) is 3.77. The second-order valence-corrected chi connectivity index (χ2v) is 3.72. The highest BCUT2D eigenvalue weighted by Crippen LogP contribution is 2.26. The van der Waals surface area contributed by atoms with Gasteiger partial charge in [-0.05, 0) is 23.3 Å². The molecule has 0 aromatic heterocycles. The standard InChI is InChI=1S/C8H17S2/c1-3-4-5-8(2,6-9)7-10/h9-10H,1,3-7H2,2H3. The monoisotopic (exact) mass is 177 g/mol. The average Bonchev–Trinajstić information content (AvgIpc) is 2.00. The van der Waals surface area contributed by atoms with Crippen LogP contribution in [-0.2, 0) is 0 Å². The summed E-state index contributed by atoms with van der Waals surface area (Å²) in [5.41, 5.74) is 0.323. The molecule has 2 heteroatoms. The predicted molar refractivity (Wildman–Crippen MR) is 55.0 cm³/mol. The van der Waals surface area contributed by atoms with Crippen LogP contribution >= 0.6 is 25.3 Å². The van der Waals surface area contributed by atoms with Crippen LogP contribution in [-0.4, -0.2) is 11.5 Å². The Kier molecular flexibility index (Phi) is 5.74. The van der Waals surface area contributed by atoms with Gasteiger partial charge >= 0.3 is 0 Å². The van der Waals surface area contributed by atoms with E-state index < -0.39 is 0 Å². The molecule has 0 aromatic rings. The Morgan fingerprint density at radius 1 is 1.30 bits per heavy atom. The Hall–Kier alpha value is 0.700. The van der Waals surface area contributed by atoms with E-state index in [2.05, 4.69) is 39.1 Å². The SMILES string of the molecule is [CH2]CCCC(C)(CS)CS. The first kappa shape index (κ1) is 10.7. The molecule has 61 valence electrons. The van der Waals surface area contributed by atoms with Crippen molar-refractivity contribution in [3.8, 4) is 0 Å².